The summed E-state index contributed by atoms with van der Waals surface area (Å²) in [4.78, 5) is 12.1. The van der Waals surface area contributed by atoms with E-state index in [-0.39, 0.29) is 5.91 Å². The number of aryl methyl sites for hydroxylation is 1. The molecule has 20 heavy (non-hydrogen) atoms. The lowest BCUT2D eigenvalue weighted by Gasteiger charge is -2.02. The molecule has 1 atom stereocenters. The highest BCUT2D eigenvalue weighted by molar-refractivity contribution is 7.15. The number of ether oxygens (including phenoxy) is 1. The van der Waals surface area contributed by atoms with Crippen molar-refractivity contribution >= 4 is 22.4 Å². The summed E-state index contributed by atoms with van der Waals surface area (Å²) in [6.45, 7) is 3.43. The lowest BCUT2D eigenvalue weighted by atomic mass is 10.1. The van der Waals surface area contributed by atoms with E-state index in [2.05, 4.69) is 15.5 Å². The number of amides is 1. The van der Waals surface area contributed by atoms with E-state index in [0.717, 1.165) is 23.6 Å². The quantitative estimate of drug-likeness (QED) is 0.943. The fraction of sp³-hybridized carbons (Fsp3) is 0.357. The van der Waals surface area contributed by atoms with Crippen LogP contribution in [0, 0.1) is 6.92 Å². The van der Waals surface area contributed by atoms with Crippen molar-refractivity contribution in [2.45, 2.75) is 19.3 Å². The van der Waals surface area contributed by atoms with Gasteiger partial charge in [0.1, 0.15) is 5.01 Å². The van der Waals surface area contributed by atoms with Crippen LogP contribution >= 0.6 is 11.3 Å². The van der Waals surface area contributed by atoms with Crippen LogP contribution in [0.5, 0.6) is 0 Å². The van der Waals surface area contributed by atoms with Crippen LogP contribution in [0.4, 0.5) is 5.13 Å². The van der Waals surface area contributed by atoms with Crippen LogP contribution < -0.4 is 5.32 Å². The van der Waals surface area contributed by atoms with E-state index in [9.17, 15) is 4.79 Å². The number of rotatable bonds is 3. The van der Waals surface area contributed by atoms with Crippen molar-refractivity contribution in [2.24, 2.45) is 0 Å². The molecule has 0 spiro atoms. The molecule has 1 aromatic heterocycles. The lowest BCUT2D eigenvalue weighted by Crippen LogP contribution is -2.11. The summed E-state index contributed by atoms with van der Waals surface area (Å²) >= 11 is 1.42. The highest BCUT2D eigenvalue weighted by Gasteiger charge is 2.22. The maximum absolute atomic E-state index is 12.1. The molecule has 1 fully saturated rings. The molecule has 1 saturated heterocycles. The van der Waals surface area contributed by atoms with E-state index in [1.807, 2.05) is 25.1 Å². The predicted molar refractivity (Wildman–Crippen MR) is 77.2 cm³/mol. The Bertz CT molecular complexity index is 620. The zero-order valence-electron chi connectivity index (χ0n) is 11.1. The molecule has 2 heterocycles. The van der Waals surface area contributed by atoms with Gasteiger partial charge in [-0.1, -0.05) is 29.0 Å². The number of nitrogens with one attached hydrogen (secondary N) is 1. The van der Waals surface area contributed by atoms with Gasteiger partial charge < -0.3 is 4.74 Å². The van der Waals surface area contributed by atoms with Gasteiger partial charge >= 0.3 is 0 Å². The summed E-state index contributed by atoms with van der Waals surface area (Å²) in [6, 6.07) is 7.46. The highest BCUT2D eigenvalue weighted by atomic mass is 32.1. The lowest BCUT2D eigenvalue weighted by molar-refractivity contribution is 0.102. The second-order valence-electron chi connectivity index (χ2n) is 4.83. The largest absolute Gasteiger partial charge is 0.381 e. The smallest absolute Gasteiger partial charge is 0.257 e. The maximum Gasteiger partial charge on any atom is 0.257 e. The maximum atomic E-state index is 12.1. The minimum atomic E-state index is -0.154. The van der Waals surface area contributed by atoms with Gasteiger partial charge in [0, 0.05) is 18.1 Å². The number of nitrogens with zero attached hydrogens (tertiary/aromatic N) is 2. The van der Waals surface area contributed by atoms with E-state index in [0.29, 0.717) is 23.2 Å². The number of hydrogen-bond donors (Lipinski definition) is 1. The molecule has 5 nitrogen and oxygen atoms in total. The van der Waals surface area contributed by atoms with Crippen molar-refractivity contribution in [1.82, 2.24) is 10.2 Å². The molecule has 3 rings (SSSR count). The van der Waals surface area contributed by atoms with Crippen molar-refractivity contribution in [1.29, 1.82) is 0 Å². The van der Waals surface area contributed by atoms with Crippen molar-refractivity contribution in [3.63, 3.8) is 0 Å². The van der Waals surface area contributed by atoms with Gasteiger partial charge in [0.25, 0.3) is 5.91 Å². The first-order valence-corrected chi connectivity index (χ1v) is 7.33. The normalized spacial score (nSPS) is 18.1. The molecule has 1 aliphatic heterocycles. The van der Waals surface area contributed by atoms with E-state index >= 15 is 0 Å². The molecular weight excluding hydrogens is 274 g/mol. The van der Waals surface area contributed by atoms with Crippen LogP contribution in [0.1, 0.15) is 33.3 Å². The monoisotopic (exact) mass is 289 g/mol. The third-order valence-corrected chi connectivity index (χ3v) is 4.22. The molecule has 0 saturated carbocycles. The van der Waals surface area contributed by atoms with E-state index in [1.54, 1.807) is 6.07 Å². The van der Waals surface area contributed by atoms with Crippen LogP contribution in [0.3, 0.4) is 0 Å². The Balaban J connectivity index is 1.70. The Morgan fingerprint density at radius 3 is 3.10 bits per heavy atom. The van der Waals surface area contributed by atoms with Gasteiger partial charge in [-0.05, 0) is 25.5 Å². The summed E-state index contributed by atoms with van der Waals surface area (Å²) in [5.74, 6) is 0.163. The second-order valence-corrected chi connectivity index (χ2v) is 5.84. The van der Waals surface area contributed by atoms with Gasteiger partial charge in [-0.15, -0.1) is 10.2 Å². The molecular formula is C14H15N3O2S. The fourth-order valence-electron chi connectivity index (χ4n) is 2.13. The van der Waals surface area contributed by atoms with Crippen LogP contribution in [0.25, 0.3) is 0 Å². The molecule has 104 valence electrons. The van der Waals surface area contributed by atoms with Crippen molar-refractivity contribution in [3.05, 3.63) is 40.4 Å². The van der Waals surface area contributed by atoms with Gasteiger partial charge in [-0.2, -0.15) is 0 Å². The Labute approximate surface area is 121 Å². The summed E-state index contributed by atoms with van der Waals surface area (Å²) < 4.78 is 5.34. The number of carbonyl (C=O) groups excluding carboxylic acids is 1. The minimum absolute atomic E-state index is 0.154. The molecule has 0 aliphatic carbocycles. The molecule has 1 amide bonds. The number of anilines is 1. The zero-order valence-corrected chi connectivity index (χ0v) is 11.9. The minimum Gasteiger partial charge on any atom is -0.381 e. The molecule has 1 N–H and O–H groups in total. The van der Waals surface area contributed by atoms with Crippen molar-refractivity contribution in [3.8, 4) is 0 Å². The SMILES string of the molecule is Cc1cccc(C(=O)Nc2nnc(C3CCOC3)s2)c1. The van der Waals surface area contributed by atoms with Gasteiger partial charge in [0.15, 0.2) is 0 Å². The van der Waals surface area contributed by atoms with Crippen LogP contribution in [-0.4, -0.2) is 29.3 Å². The third-order valence-electron chi connectivity index (χ3n) is 3.22. The third kappa shape index (κ3) is 2.86. The molecule has 1 unspecified atom stereocenters. The van der Waals surface area contributed by atoms with Crippen LogP contribution in [0.15, 0.2) is 24.3 Å². The van der Waals surface area contributed by atoms with Crippen LogP contribution in [-0.2, 0) is 4.74 Å². The van der Waals surface area contributed by atoms with Gasteiger partial charge in [0.2, 0.25) is 5.13 Å². The molecule has 2 aromatic rings. The standard InChI is InChI=1S/C14H15N3O2S/c1-9-3-2-4-10(7-9)12(18)15-14-17-16-13(20-14)11-5-6-19-8-11/h2-4,7,11H,5-6,8H2,1H3,(H,15,17,18). The summed E-state index contributed by atoms with van der Waals surface area (Å²) in [6.07, 6.45) is 0.973. The number of benzene rings is 1. The zero-order chi connectivity index (χ0) is 13.9. The molecule has 1 aliphatic rings. The predicted octanol–water partition coefficient (Wildman–Crippen LogP) is 2.60. The fourth-order valence-corrected chi connectivity index (χ4v) is 2.99. The Hall–Kier alpha value is -1.79. The van der Waals surface area contributed by atoms with E-state index in [4.69, 9.17) is 4.74 Å². The first-order valence-electron chi connectivity index (χ1n) is 6.51. The highest BCUT2D eigenvalue weighted by Crippen LogP contribution is 2.29. The Kier molecular flexibility index (Phi) is 3.75. The number of aromatic nitrogens is 2. The van der Waals surface area contributed by atoms with Crippen molar-refractivity contribution < 1.29 is 9.53 Å². The molecule has 0 radical (unpaired) electrons. The number of carbonyl (C=O) groups is 1. The Morgan fingerprint density at radius 2 is 2.35 bits per heavy atom. The summed E-state index contributed by atoms with van der Waals surface area (Å²) in [5.41, 5.74) is 1.68. The average molecular weight is 289 g/mol. The molecule has 6 heteroatoms. The van der Waals surface area contributed by atoms with Gasteiger partial charge in [-0.25, -0.2) is 0 Å². The topological polar surface area (TPSA) is 64.1 Å². The average Bonchev–Trinajstić information content (AvgIpc) is 3.08. The first-order chi connectivity index (χ1) is 9.72. The second kappa shape index (κ2) is 5.68. The summed E-state index contributed by atoms with van der Waals surface area (Å²) in [5, 5.41) is 12.4. The van der Waals surface area contributed by atoms with Gasteiger partial charge in [0.05, 0.1) is 6.61 Å². The van der Waals surface area contributed by atoms with E-state index < -0.39 is 0 Å². The van der Waals surface area contributed by atoms with Gasteiger partial charge in [-0.3, -0.25) is 10.1 Å². The first kappa shape index (κ1) is 13.2. The van der Waals surface area contributed by atoms with Crippen LogP contribution in [0.2, 0.25) is 0 Å². The van der Waals surface area contributed by atoms with E-state index in [1.165, 1.54) is 11.3 Å². The number of hydrogen-bond acceptors (Lipinski definition) is 5. The molecule has 0 bridgehead atoms. The Morgan fingerprint density at radius 1 is 1.45 bits per heavy atom. The van der Waals surface area contributed by atoms with Crippen molar-refractivity contribution in [2.75, 3.05) is 18.5 Å². The summed E-state index contributed by atoms with van der Waals surface area (Å²) in [7, 11) is 0. The molecule has 1 aromatic carbocycles.